The summed E-state index contributed by atoms with van der Waals surface area (Å²) < 4.78 is 34.4. The molecule has 0 saturated carbocycles. The maximum atomic E-state index is 12.9. The number of piperidine rings is 1. The molecule has 160 valence electrons. The SMILES string of the molecule is CC1(C)Oc2ccc(S(=O)(=O)Nc3ccccc3)cc2[C@H](N2CCCCC2=O)[C@H]1O. The fourth-order valence-corrected chi connectivity index (χ4v) is 5.18. The molecule has 2 atom stereocenters. The molecule has 2 heterocycles. The summed E-state index contributed by atoms with van der Waals surface area (Å²) in [7, 11) is -3.85. The lowest BCUT2D eigenvalue weighted by Gasteiger charge is -2.47. The number of aliphatic hydroxyl groups is 1. The summed E-state index contributed by atoms with van der Waals surface area (Å²) in [6.45, 7) is 4.06. The van der Waals surface area contributed by atoms with E-state index in [1.54, 1.807) is 55.1 Å². The Morgan fingerprint density at radius 3 is 2.57 bits per heavy atom. The van der Waals surface area contributed by atoms with Gasteiger partial charge < -0.3 is 14.7 Å². The summed E-state index contributed by atoms with van der Waals surface area (Å²) in [6.07, 6.45) is 1.10. The number of nitrogens with zero attached hydrogens (tertiary/aromatic N) is 1. The van der Waals surface area contributed by atoms with Crippen molar-refractivity contribution in [2.75, 3.05) is 11.3 Å². The molecule has 2 aromatic rings. The molecule has 1 amide bonds. The van der Waals surface area contributed by atoms with E-state index in [2.05, 4.69) is 4.72 Å². The van der Waals surface area contributed by atoms with E-state index >= 15 is 0 Å². The van der Waals surface area contributed by atoms with Crippen molar-refractivity contribution in [3.63, 3.8) is 0 Å². The predicted octanol–water partition coefficient (Wildman–Crippen LogP) is 3.07. The van der Waals surface area contributed by atoms with Crippen LogP contribution in [-0.2, 0) is 14.8 Å². The number of para-hydroxylation sites is 1. The number of anilines is 1. The van der Waals surface area contributed by atoms with Gasteiger partial charge in [0.1, 0.15) is 17.5 Å². The molecule has 30 heavy (non-hydrogen) atoms. The van der Waals surface area contributed by atoms with Crippen LogP contribution in [0.2, 0.25) is 0 Å². The second-order valence-electron chi connectivity index (χ2n) is 8.31. The minimum absolute atomic E-state index is 0.0374. The molecule has 0 aliphatic carbocycles. The van der Waals surface area contributed by atoms with Gasteiger partial charge in [0.15, 0.2) is 0 Å². The Bertz CT molecular complexity index is 1050. The van der Waals surface area contributed by atoms with Crippen LogP contribution in [0.3, 0.4) is 0 Å². The van der Waals surface area contributed by atoms with Crippen LogP contribution in [0.15, 0.2) is 53.4 Å². The molecule has 0 unspecified atom stereocenters. The van der Waals surface area contributed by atoms with Gasteiger partial charge in [-0.1, -0.05) is 18.2 Å². The average Bonchev–Trinajstić information content (AvgIpc) is 2.70. The van der Waals surface area contributed by atoms with E-state index in [9.17, 15) is 18.3 Å². The van der Waals surface area contributed by atoms with Crippen LogP contribution in [0.5, 0.6) is 5.75 Å². The minimum Gasteiger partial charge on any atom is -0.485 e. The Morgan fingerprint density at radius 2 is 1.87 bits per heavy atom. The van der Waals surface area contributed by atoms with Crippen molar-refractivity contribution in [1.29, 1.82) is 0 Å². The number of nitrogens with one attached hydrogen (secondary N) is 1. The third-order valence-electron chi connectivity index (χ3n) is 5.72. The molecule has 8 heteroatoms. The smallest absolute Gasteiger partial charge is 0.261 e. The highest BCUT2D eigenvalue weighted by Gasteiger charge is 2.47. The third-order valence-corrected chi connectivity index (χ3v) is 7.10. The number of hydrogen-bond donors (Lipinski definition) is 2. The maximum Gasteiger partial charge on any atom is 0.261 e. The zero-order chi connectivity index (χ0) is 21.5. The molecule has 2 N–H and O–H groups in total. The molecule has 0 aromatic heterocycles. The lowest BCUT2D eigenvalue weighted by molar-refractivity contribution is -0.147. The molecular weight excluding hydrogens is 404 g/mol. The van der Waals surface area contributed by atoms with Crippen LogP contribution in [0.25, 0.3) is 0 Å². The van der Waals surface area contributed by atoms with Crippen LogP contribution in [0.1, 0.15) is 44.7 Å². The highest BCUT2D eigenvalue weighted by Crippen LogP contribution is 2.44. The number of ether oxygens (including phenoxy) is 1. The molecule has 4 rings (SSSR count). The lowest BCUT2D eigenvalue weighted by atomic mass is 9.84. The Morgan fingerprint density at radius 1 is 1.13 bits per heavy atom. The Hall–Kier alpha value is -2.58. The first-order chi connectivity index (χ1) is 14.2. The summed E-state index contributed by atoms with van der Waals surface area (Å²) in [4.78, 5) is 14.3. The average molecular weight is 431 g/mol. The summed E-state index contributed by atoms with van der Waals surface area (Å²) in [5, 5.41) is 11.1. The third kappa shape index (κ3) is 3.77. The van der Waals surface area contributed by atoms with Crippen molar-refractivity contribution in [2.24, 2.45) is 0 Å². The van der Waals surface area contributed by atoms with Gasteiger partial charge in [0.25, 0.3) is 10.0 Å². The van der Waals surface area contributed by atoms with Gasteiger partial charge in [-0.05, 0) is 57.0 Å². The van der Waals surface area contributed by atoms with Gasteiger partial charge in [-0.2, -0.15) is 0 Å². The maximum absolute atomic E-state index is 12.9. The molecule has 2 aliphatic rings. The Kier molecular flexibility index (Phi) is 5.23. The van der Waals surface area contributed by atoms with E-state index in [4.69, 9.17) is 4.74 Å². The molecule has 1 fully saturated rings. The normalized spacial score (nSPS) is 23.4. The molecule has 7 nitrogen and oxygen atoms in total. The quantitative estimate of drug-likeness (QED) is 0.777. The number of benzene rings is 2. The Labute approximate surface area is 176 Å². The summed E-state index contributed by atoms with van der Waals surface area (Å²) in [6, 6.07) is 12.5. The lowest BCUT2D eigenvalue weighted by Crippen LogP contribution is -2.55. The molecule has 2 aliphatic heterocycles. The van der Waals surface area contributed by atoms with Crippen molar-refractivity contribution < 1.29 is 23.1 Å². The second kappa shape index (κ2) is 7.59. The number of hydrogen-bond acceptors (Lipinski definition) is 5. The monoisotopic (exact) mass is 430 g/mol. The van der Waals surface area contributed by atoms with E-state index in [0.29, 0.717) is 30.0 Å². The first-order valence-electron chi connectivity index (χ1n) is 10.1. The van der Waals surface area contributed by atoms with Gasteiger partial charge >= 0.3 is 0 Å². The van der Waals surface area contributed by atoms with E-state index in [-0.39, 0.29) is 10.8 Å². The van der Waals surface area contributed by atoms with E-state index in [1.165, 1.54) is 12.1 Å². The van der Waals surface area contributed by atoms with Crippen LogP contribution in [0.4, 0.5) is 5.69 Å². The largest absolute Gasteiger partial charge is 0.485 e. The molecule has 2 aromatic carbocycles. The molecule has 0 radical (unpaired) electrons. The molecule has 0 bridgehead atoms. The van der Waals surface area contributed by atoms with Gasteiger partial charge in [0, 0.05) is 24.2 Å². The number of carbonyl (C=O) groups excluding carboxylic acids is 1. The van der Waals surface area contributed by atoms with Crippen molar-refractivity contribution in [3.8, 4) is 5.75 Å². The van der Waals surface area contributed by atoms with Gasteiger partial charge in [0.05, 0.1) is 10.9 Å². The summed E-state index contributed by atoms with van der Waals surface area (Å²) in [5.41, 5.74) is 0.0429. The number of sulfonamides is 1. The van der Waals surface area contributed by atoms with E-state index < -0.39 is 27.8 Å². The Balaban J connectivity index is 1.76. The fourth-order valence-electron chi connectivity index (χ4n) is 4.09. The number of amides is 1. The standard InChI is InChI=1S/C22H26N2O5S/c1-22(2)21(26)20(24-13-7-6-10-19(24)25)17-14-16(11-12-18(17)29-22)30(27,28)23-15-8-4-3-5-9-15/h3-5,8-9,11-12,14,20-21,23,26H,6-7,10,13H2,1-2H3/t20-,21+/m0/s1. The second-order valence-corrected chi connectivity index (χ2v) is 9.99. The number of likely N-dealkylation sites (tertiary alicyclic amines) is 1. The highest BCUT2D eigenvalue weighted by molar-refractivity contribution is 7.92. The fraction of sp³-hybridized carbons (Fsp3) is 0.409. The molecular formula is C22H26N2O5S. The number of rotatable bonds is 4. The van der Waals surface area contributed by atoms with Gasteiger partial charge in [-0.15, -0.1) is 0 Å². The van der Waals surface area contributed by atoms with Crippen LogP contribution >= 0.6 is 0 Å². The number of aliphatic hydroxyl groups excluding tert-OH is 1. The predicted molar refractivity (Wildman–Crippen MR) is 113 cm³/mol. The van der Waals surface area contributed by atoms with Gasteiger partial charge in [-0.3, -0.25) is 9.52 Å². The van der Waals surface area contributed by atoms with Crippen molar-refractivity contribution in [3.05, 3.63) is 54.1 Å². The van der Waals surface area contributed by atoms with Crippen molar-refractivity contribution in [2.45, 2.75) is 55.8 Å². The first-order valence-corrected chi connectivity index (χ1v) is 11.6. The van der Waals surface area contributed by atoms with Crippen molar-refractivity contribution >= 4 is 21.6 Å². The first kappa shape index (κ1) is 20.7. The molecule has 0 spiro atoms. The zero-order valence-electron chi connectivity index (χ0n) is 17.0. The van der Waals surface area contributed by atoms with E-state index in [1.807, 2.05) is 0 Å². The topological polar surface area (TPSA) is 95.9 Å². The zero-order valence-corrected chi connectivity index (χ0v) is 17.9. The number of fused-ring (bicyclic) bond motifs is 1. The van der Waals surface area contributed by atoms with Crippen LogP contribution < -0.4 is 9.46 Å². The highest BCUT2D eigenvalue weighted by atomic mass is 32.2. The van der Waals surface area contributed by atoms with E-state index in [0.717, 1.165) is 12.8 Å². The van der Waals surface area contributed by atoms with Crippen LogP contribution in [0, 0.1) is 0 Å². The van der Waals surface area contributed by atoms with Crippen molar-refractivity contribution in [1.82, 2.24) is 4.90 Å². The molecule has 1 saturated heterocycles. The van der Waals surface area contributed by atoms with Crippen LogP contribution in [-0.4, -0.2) is 42.6 Å². The van der Waals surface area contributed by atoms with Gasteiger partial charge in [-0.25, -0.2) is 8.42 Å². The summed E-state index contributed by atoms with van der Waals surface area (Å²) >= 11 is 0. The number of carbonyl (C=O) groups is 1. The van der Waals surface area contributed by atoms with Gasteiger partial charge in [0.2, 0.25) is 5.91 Å². The summed E-state index contributed by atoms with van der Waals surface area (Å²) in [5.74, 6) is 0.442. The minimum atomic E-state index is -3.85.